The van der Waals surface area contributed by atoms with Gasteiger partial charge in [0, 0.05) is 17.2 Å². The van der Waals surface area contributed by atoms with Gasteiger partial charge in [0.05, 0.1) is 11.1 Å². The summed E-state index contributed by atoms with van der Waals surface area (Å²) >= 11 is 0. The molecule has 0 bridgehead atoms. The number of benzene rings is 3. The van der Waals surface area contributed by atoms with Crippen LogP contribution in [0.3, 0.4) is 0 Å². The highest BCUT2D eigenvalue weighted by Crippen LogP contribution is 2.46. The van der Waals surface area contributed by atoms with E-state index in [0.29, 0.717) is 17.7 Å². The van der Waals surface area contributed by atoms with E-state index in [1.165, 1.54) is 36.1 Å². The quantitative estimate of drug-likeness (QED) is 0.298. The second-order valence-corrected chi connectivity index (χ2v) is 9.62. The van der Waals surface area contributed by atoms with Crippen LogP contribution in [0.15, 0.2) is 84.9 Å². The summed E-state index contributed by atoms with van der Waals surface area (Å²) in [5, 5.41) is 0.956. The average Bonchev–Trinajstić information content (AvgIpc) is 3.26. The molecule has 5 aromatic rings. The zero-order valence-electron chi connectivity index (χ0n) is 20.1. The third-order valence-electron chi connectivity index (χ3n) is 7.20. The molecule has 1 saturated carbocycles. The van der Waals surface area contributed by atoms with E-state index in [0.717, 1.165) is 40.6 Å². The van der Waals surface area contributed by atoms with Crippen LogP contribution < -0.4 is 5.73 Å². The summed E-state index contributed by atoms with van der Waals surface area (Å²) in [6.07, 6.45) is 6.09. The van der Waals surface area contributed by atoms with E-state index >= 15 is 0 Å². The van der Waals surface area contributed by atoms with Crippen LogP contribution in [0.5, 0.6) is 0 Å². The number of anilines is 1. The van der Waals surface area contributed by atoms with Gasteiger partial charge in [0.25, 0.3) is 0 Å². The fourth-order valence-electron chi connectivity index (χ4n) is 5.60. The van der Waals surface area contributed by atoms with Gasteiger partial charge in [-0.05, 0) is 37.0 Å². The van der Waals surface area contributed by atoms with Gasteiger partial charge in [-0.3, -0.25) is 0 Å². The first-order valence-corrected chi connectivity index (χ1v) is 12.6. The first-order valence-electron chi connectivity index (χ1n) is 12.6. The minimum absolute atomic E-state index is 0.388. The van der Waals surface area contributed by atoms with Gasteiger partial charge in [-0.15, -0.1) is 0 Å². The Bertz CT molecular complexity index is 1480. The van der Waals surface area contributed by atoms with E-state index in [2.05, 4.69) is 96.4 Å². The molecule has 0 radical (unpaired) electrons. The Balaban J connectivity index is 1.73. The second kappa shape index (κ2) is 9.03. The molecule has 2 aromatic heterocycles. The van der Waals surface area contributed by atoms with Crippen LogP contribution in [-0.2, 0) is 0 Å². The van der Waals surface area contributed by atoms with Crippen LogP contribution in [0, 0.1) is 6.92 Å². The molecule has 2 heterocycles. The Morgan fingerprint density at radius 1 is 0.743 bits per heavy atom. The number of nitrogen functional groups attached to an aromatic ring is 1. The van der Waals surface area contributed by atoms with Crippen LogP contribution in [0.1, 0.15) is 43.7 Å². The standard InChI is InChI=1S/C31H30N4/c1-21-12-11-17-24(20-21)30-33-29(32)27-26(22-13-5-2-6-14-22)28(23-15-7-3-8-16-23)35(31(27)34-30)25-18-9-4-10-19-25/h2-3,5-8,11-17,20,25H,4,9-10,18-19H2,1H3,(H2,32,33,34). The number of nitrogens with two attached hydrogens (primary N) is 1. The van der Waals surface area contributed by atoms with Gasteiger partial charge in [0.2, 0.25) is 0 Å². The Morgan fingerprint density at radius 2 is 1.40 bits per heavy atom. The largest absolute Gasteiger partial charge is 0.383 e. The molecule has 1 fully saturated rings. The van der Waals surface area contributed by atoms with E-state index in [9.17, 15) is 0 Å². The van der Waals surface area contributed by atoms with Crippen molar-refractivity contribution in [3.8, 4) is 33.8 Å². The molecule has 1 aliphatic carbocycles. The number of nitrogens with zero attached hydrogens (tertiary/aromatic N) is 3. The highest BCUT2D eigenvalue weighted by Gasteiger charge is 2.29. The van der Waals surface area contributed by atoms with Crippen molar-refractivity contribution in [2.45, 2.75) is 45.1 Å². The smallest absolute Gasteiger partial charge is 0.163 e. The van der Waals surface area contributed by atoms with Crippen LogP contribution in [0.2, 0.25) is 0 Å². The molecule has 35 heavy (non-hydrogen) atoms. The molecule has 3 aromatic carbocycles. The number of hydrogen-bond donors (Lipinski definition) is 1. The van der Waals surface area contributed by atoms with Crippen LogP contribution in [0.25, 0.3) is 44.8 Å². The lowest BCUT2D eigenvalue weighted by Crippen LogP contribution is -2.14. The summed E-state index contributed by atoms with van der Waals surface area (Å²) < 4.78 is 2.49. The van der Waals surface area contributed by atoms with Gasteiger partial charge in [-0.25, -0.2) is 9.97 Å². The predicted molar refractivity (Wildman–Crippen MR) is 145 cm³/mol. The van der Waals surface area contributed by atoms with Crippen molar-refractivity contribution >= 4 is 16.9 Å². The van der Waals surface area contributed by atoms with Crippen LogP contribution in [-0.4, -0.2) is 14.5 Å². The summed E-state index contributed by atoms with van der Waals surface area (Å²) in [5.41, 5.74) is 14.6. The van der Waals surface area contributed by atoms with Crippen molar-refractivity contribution in [2.75, 3.05) is 5.73 Å². The fourth-order valence-corrected chi connectivity index (χ4v) is 5.60. The number of hydrogen-bond acceptors (Lipinski definition) is 3. The summed E-state index contributed by atoms with van der Waals surface area (Å²) in [6, 6.07) is 30.0. The van der Waals surface area contributed by atoms with Crippen molar-refractivity contribution < 1.29 is 0 Å². The SMILES string of the molecule is Cc1cccc(-c2nc(N)c3c(-c4ccccc4)c(-c4ccccc4)n(C4CCCCC4)c3n2)c1. The molecule has 2 N–H and O–H groups in total. The highest BCUT2D eigenvalue weighted by atomic mass is 15.1. The lowest BCUT2D eigenvalue weighted by molar-refractivity contribution is 0.362. The van der Waals surface area contributed by atoms with Crippen molar-refractivity contribution in [3.05, 3.63) is 90.5 Å². The molecule has 0 spiro atoms. The van der Waals surface area contributed by atoms with Gasteiger partial charge in [0.1, 0.15) is 11.5 Å². The maximum absolute atomic E-state index is 6.80. The summed E-state index contributed by atoms with van der Waals surface area (Å²) in [7, 11) is 0. The van der Waals surface area contributed by atoms with Gasteiger partial charge in [-0.2, -0.15) is 0 Å². The maximum atomic E-state index is 6.80. The van der Waals surface area contributed by atoms with E-state index in [-0.39, 0.29) is 0 Å². The zero-order valence-corrected chi connectivity index (χ0v) is 20.1. The first kappa shape index (κ1) is 21.6. The van der Waals surface area contributed by atoms with Crippen molar-refractivity contribution in [2.24, 2.45) is 0 Å². The van der Waals surface area contributed by atoms with Crippen molar-refractivity contribution in [1.29, 1.82) is 0 Å². The Morgan fingerprint density at radius 3 is 2.09 bits per heavy atom. The minimum Gasteiger partial charge on any atom is -0.383 e. The summed E-state index contributed by atoms with van der Waals surface area (Å²) in [4.78, 5) is 10.1. The summed E-state index contributed by atoms with van der Waals surface area (Å²) in [6.45, 7) is 2.09. The van der Waals surface area contributed by atoms with Crippen LogP contribution in [0.4, 0.5) is 5.82 Å². The first-order chi connectivity index (χ1) is 17.2. The molecule has 0 unspecified atom stereocenters. The Hall–Kier alpha value is -3.92. The number of rotatable bonds is 4. The molecular formula is C31H30N4. The number of aryl methyl sites for hydroxylation is 1. The van der Waals surface area contributed by atoms with Crippen LogP contribution >= 0.6 is 0 Å². The molecule has 6 rings (SSSR count). The topological polar surface area (TPSA) is 56.7 Å². The average molecular weight is 459 g/mol. The maximum Gasteiger partial charge on any atom is 0.163 e. The van der Waals surface area contributed by atoms with E-state index < -0.39 is 0 Å². The van der Waals surface area contributed by atoms with Crippen molar-refractivity contribution in [3.63, 3.8) is 0 Å². The Kier molecular flexibility index (Phi) is 5.57. The van der Waals surface area contributed by atoms with Crippen molar-refractivity contribution in [1.82, 2.24) is 14.5 Å². The fraction of sp³-hybridized carbons (Fsp3) is 0.226. The molecule has 0 saturated heterocycles. The molecule has 4 nitrogen and oxygen atoms in total. The molecule has 174 valence electrons. The Labute approximate surface area is 206 Å². The molecule has 0 aliphatic heterocycles. The lowest BCUT2D eigenvalue weighted by Gasteiger charge is -2.26. The summed E-state index contributed by atoms with van der Waals surface area (Å²) in [5.74, 6) is 1.23. The van der Waals surface area contributed by atoms with E-state index in [1.807, 2.05) is 0 Å². The number of aromatic nitrogens is 3. The van der Waals surface area contributed by atoms with E-state index in [4.69, 9.17) is 15.7 Å². The monoisotopic (exact) mass is 458 g/mol. The highest BCUT2D eigenvalue weighted by molar-refractivity contribution is 6.08. The molecular weight excluding hydrogens is 428 g/mol. The van der Waals surface area contributed by atoms with Gasteiger partial charge < -0.3 is 10.3 Å². The molecule has 0 amide bonds. The zero-order chi connectivity index (χ0) is 23.8. The third-order valence-corrected chi connectivity index (χ3v) is 7.20. The van der Waals surface area contributed by atoms with E-state index in [1.54, 1.807) is 0 Å². The second-order valence-electron chi connectivity index (χ2n) is 9.62. The lowest BCUT2D eigenvalue weighted by atomic mass is 9.94. The molecule has 4 heteroatoms. The normalized spacial score (nSPS) is 14.4. The third kappa shape index (κ3) is 3.89. The minimum atomic E-state index is 0.388. The van der Waals surface area contributed by atoms with Gasteiger partial charge in [0.15, 0.2) is 5.82 Å². The number of fused-ring (bicyclic) bond motifs is 1. The predicted octanol–water partition coefficient (Wildman–Crippen LogP) is 7.83. The van der Waals surface area contributed by atoms with Gasteiger partial charge in [-0.1, -0.05) is 104 Å². The van der Waals surface area contributed by atoms with Gasteiger partial charge >= 0.3 is 0 Å². The molecule has 1 aliphatic rings. The molecule has 0 atom stereocenters.